The first kappa shape index (κ1) is 21.9. The van der Waals surface area contributed by atoms with E-state index in [1.807, 2.05) is 6.07 Å². The summed E-state index contributed by atoms with van der Waals surface area (Å²) in [5.41, 5.74) is 1.35. The van der Waals surface area contributed by atoms with Gasteiger partial charge in [0.25, 0.3) is 0 Å². The molecule has 0 spiro atoms. The van der Waals surface area contributed by atoms with Gasteiger partial charge < -0.3 is 14.4 Å². The van der Waals surface area contributed by atoms with E-state index < -0.39 is 6.36 Å². The number of carbonyl (C=O) groups is 1. The molecule has 3 rings (SSSR count). The normalized spacial score (nSPS) is 15.5. The smallest absolute Gasteiger partial charge is 0.462 e. The van der Waals surface area contributed by atoms with Crippen molar-refractivity contribution in [2.45, 2.75) is 26.3 Å². The molecule has 30 heavy (non-hydrogen) atoms. The van der Waals surface area contributed by atoms with Gasteiger partial charge in [-0.1, -0.05) is 12.1 Å². The van der Waals surface area contributed by atoms with E-state index in [1.54, 1.807) is 25.1 Å². The lowest BCUT2D eigenvalue weighted by molar-refractivity contribution is -0.274. The highest BCUT2D eigenvalue weighted by Gasteiger charge is 2.31. The average Bonchev–Trinajstić information content (AvgIpc) is 2.94. The number of hydrogen-bond donors (Lipinski definition) is 0. The fourth-order valence-electron chi connectivity index (χ4n) is 3.32. The largest absolute Gasteiger partial charge is 0.573 e. The third kappa shape index (κ3) is 6.35. The monoisotopic (exact) mass is 423 g/mol. The number of rotatable bonds is 6. The molecule has 0 saturated carbocycles. The molecule has 1 aliphatic rings. The van der Waals surface area contributed by atoms with Crippen molar-refractivity contribution < 1.29 is 27.4 Å². The fourth-order valence-corrected chi connectivity index (χ4v) is 3.32. The molecule has 1 fully saturated rings. The summed E-state index contributed by atoms with van der Waals surface area (Å²) in [7, 11) is 0. The molecular weight excluding hydrogens is 399 g/mol. The maximum atomic E-state index is 12.3. The lowest BCUT2D eigenvalue weighted by Gasteiger charge is -2.23. The topological polar surface area (TPSA) is 54.9 Å². The Morgan fingerprint density at radius 2 is 1.83 bits per heavy atom. The summed E-state index contributed by atoms with van der Waals surface area (Å²) in [4.78, 5) is 20.6. The van der Waals surface area contributed by atoms with Gasteiger partial charge in [0.05, 0.1) is 12.2 Å². The summed E-state index contributed by atoms with van der Waals surface area (Å²) < 4.78 is 45.7. The lowest BCUT2D eigenvalue weighted by atomic mass is 10.2. The highest BCUT2D eigenvalue weighted by molar-refractivity contribution is 5.89. The summed E-state index contributed by atoms with van der Waals surface area (Å²) in [6.07, 6.45) is -2.23. The van der Waals surface area contributed by atoms with E-state index in [2.05, 4.69) is 19.5 Å². The SMILES string of the molecule is CCOC(=O)c1ccc(N2CCCN(Cc3ccc(OC(F)(F)F)cc3)CC2)nc1. The van der Waals surface area contributed by atoms with Crippen LogP contribution >= 0.6 is 0 Å². The van der Waals surface area contributed by atoms with E-state index >= 15 is 0 Å². The first-order valence-electron chi connectivity index (χ1n) is 9.79. The van der Waals surface area contributed by atoms with Gasteiger partial charge in [-0.25, -0.2) is 9.78 Å². The summed E-state index contributed by atoms with van der Waals surface area (Å²) >= 11 is 0. The minimum absolute atomic E-state index is 0.217. The number of carbonyl (C=O) groups excluding carboxylic acids is 1. The first-order valence-corrected chi connectivity index (χ1v) is 9.79. The number of nitrogens with zero attached hydrogens (tertiary/aromatic N) is 3. The van der Waals surface area contributed by atoms with Gasteiger partial charge in [0.15, 0.2) is 0 Å². The zero-order valence-corrected chi connectivity index (χ0v) is 16.7. The Kier molecular flexibility index (Phi) is 7.15. The Morgan fingerprint density at radius 3 is 2.47 bits per heavy atom. The Bertz CT molecular complexity index is 826. The number of benzene rings is 1. The highest BCUT2D eigenvalue weighted by atomic mass is 19.4. The highest BCUT2D eigenvalue weighted by Crippen LogP contribution is 2.23. The number of halogens is 3. The molecule has 0 unspecified atom stereocenters. The second-order valence-electron chi connectivity index (χ2n) is 6.93. The van der Waals surface area contributed by atoms with Crippen LogP contribution in [0.2, 0.25) is 0 Å². The van der Waals surface area contributed by atoms with Crippen molar-refractivity contribution in [3.05, 3.63) is 53.7 Å². The molecular formula is C21H24F3N3O3. The third-order valence-electron chi connectivity index (χ3n) is 4.73. The number of esters is 1. The number of hydrogen-bond acceptors (Lipinski definition) is 6. The number of alkyl halides is 3. The second kappa shape index (κ2) is 9.80. The van der Waals surface area contributed by atoms with Gasteiger partial charge >= 0.3 is 12.3 Å². The Balaban J connectivity index is 1.54. The van der Waals surface area contributed by atoms with Gasteiger partial charge in [-0.2, -0.15) is 0 Å². The van der Waals surface area contributed by atoms with Gasteiger partial charge in [0.2, 0.25) is 0 Å². The lowest BCUT2D eigenvalue weighted by Crippen LogP contribution is -2.31. The van der Waals surface area contributed by atoms with Crippen LogP contribution < -0.4 is 9.64 Å². The summed E-state index contributed by atoms with van der Waals surface area (Å²) in [5, 5.41) is 0. The van der Waals surface area contributed by atoms with E-state index in [1.165, 1.54) is 18.3 Å². The van der Waals surface area contributed by atoms with Crippen molar-refractivity contribution in [1.82, 2.24) is 9.88 Å². The molecule has 0 amide bonds. The van der Waals surface area contributed by atoms with Crippen molar-refractivity contribution in [1.29, 1.82) is 0 Å². The third-order valence-corrected chi connectivity index (χ3v) is 4.73. The number of aromatic nitrogens is 1. The van der Waals surface area contributed by atoms with Crippen LogP contribution in [0, 0.1) is 0 Å². The molecule has 9 heteroatoms. The molecule has 0 N–H and O–H groups in total. The maximum Gasteiger partial charge on any atom is 0.573 e. The van der Waals surface area contributed by atoms with Crippen molar-refractivity contribution in [2.75, 3.05) is 37.7 Å². The molecule has 1 aromatic carbocycles. The molecule has 6 nitrogen and oxygen atoms in total. The van der Waals surface area contributed by atoms with E-state index in [4.69, 9.17) is 4.74 Å². The van der Waals surface area contributed by atoms with Crippen LogP contribution in [0.15, 0.2) is 42.6 Å². The van der Waals surface area contributed by atoms with Gasteiger partial charge in [-0.05, 0) is 43.2 Å². The first-order chi connectivity index (χ1) is 14.3. The van der Waals surface area contributed by atoms with E-state index in [0.29, 0.717) is 18.7 Å². The van der Waals surface area contributed by atoms with Crippen LogP contribution in [0.5, 0.6) is 5.75 Å². The molecule has 1 saturated heterocycles. The van der Waals surface area contributed by atoms with Gasteiger partial charge in [0, 0.05) is 38.9 Å². The number of pyridine rings is 1. The van der Waals surface area contributed by atoms with Crippen LogP contribution in [0.3, 0.4) is 0 Å². The summed E-state index contributed by atoms with van der Waals surface area (Å²) in [6.45, 7) is 5.99. The molecule has 0 atom stereocenters. The van der Waals surface area contributed by atoms with Crippen LogP contribution in [0.25, 0.3) is 0 Å². The van der Waals surface area contributed by atoms with Crippen molar-refractivity contribution in [2.24, 2.45) is 0 Å². The molecule has 0 radical (unpaired) electrons. The Hall–Kier alpha value is -2.81. The second-order valence-corrected chi connectivity index (χ2v) is 6.93. The number of ether oxygens (including phenoxy) is 2. The fraction of sp³-hybridized carbons (Fsp3) is 0.429. The van der Waals surface area contributed by atoms with Gasteiger partial charge in [-0.15, -0.1) is 13.2 Å². The van der Waals surface area contributed by atoms with Gasteiger partial charge in [0.1, 0.15) is 11.6 Å². The maximum absolute atomic E-state index is 12.3. The molecule has 1 aliphatic heterocycles. The van der Waals surface area contributed by atoms with Crippen LogP contribution in [0.4, 0.5) is 19.0 Å². The van der Waals surface area contributed by atoms with Crippen molar-refractivity contribution >= 4 is 11.8 Å². The average molecular weight is 423 g/mol. The minimum atomic E-state index is -4.68. The van der Waals surface area contributed by atoms with E-state index in [9.17, 15) is 18.0 Å². The predicted octanol–water partition coefficient (Wildman–Crippen LogP) is 3.87. The molecule has 162 valence electrons. The van der Waals surface area contributed by atoms with Crippen LogP contribution in [-0.4, -0.2) is 55.0 Å². The van der Waals surface area contributed by atoms with Crippen molar-refractivity contribution in [3.8, 4) is 5.75 Å². The van der Waals surface area contributed by atoms with Crippen LogP contribution in [-0.2, 0) is 11.3 Å². The van der Waals surface area contributed by atoms with E-state index in [-0.39, 0.29) is 11.7 Å². The van der Waals surface area contributed by atoms with Gasteiger partial charge in [-0.3, -0.25) is 4.90 Å². The number of anilines is 1. The zero-order chi connectivity index (χ0) is 21.6. The van der Waals surface area contributed by atoms with Crippen molar-refractivity contribution in [3.63, 3.8) is 0 Å². The Morgan fingerprint density at radius 1 is 1.07 bits per heavy atom. The Labute approximate surface area is 173 Å². The zero-order valence-electron chi connectivity index (χ0n) is 16.7. The molecule has 1 aromatic heterocycles. The summed E-state index contributed by atoms with van der Waals surface area (Å²) in [6, 6.07) is 9.51. The minimum Gasteiger partial charge on any atom is -0.462 e. The predicted molar refractivity (Wildman–Crippen MR) is 105 cm³/mol. The molecule has 2 aromatic rings. The summed E-state index contributed by atoms with van der Waals surface area (Å²) in [5.74, 6) is 0.203. The van der Waals surface area contributed by atoms with E-state index in [0.717, 1.165) is 44.0 Å². The molecule has 0 bridgehead atoms. The molecule has 0 aliphatic carbocycles. The standard InChI is InChI=1S/C21H24F3N3O3/c1-2-29-20(28)17-6-9-19(25-14-17)27-11-3-10-26(12-13-27)15-16-4-7-18(8-5-16)30-21(22,23)24/h4-9,14H,2-3,10-13,15H2,1H3. The van der Waals surface area contributed by atoms with Crippen LogP contribution in [0.1, 0.15) is 29.3 Å². The molecule has 2 heterocycles. The quantitative estimate of drug-likeness (QED) is 0.658.